The van der Waals surface area contributed by atoms with Crippen molar-refractivity contribution in [1.82, 2.24) is 39.4 Å². The SMILES string of the molecule is COC(C)CCOc1nn([C@H]2CC[C@H](N3C[C@@H](C)O[C@@H](C)C3)CC2)cc1Nc1ncc(-c2ccc(C#N)c(O[C@@H](C)Cn3cncn3)c2)cn1. The largest absolute Gasteiger partial charge is 0.487 e. The molecule has 1 aliphatic heterocycles. The number of hydrogen-bond donors (Lipinski definition) is 1. The Hall–Kier alpha value is -4.58. The Kier molecular flexibility index (Phi) is 11.6. The maximum atomic E-state index is 9.69. The highest BCUT2D eigenvalue weighted by molar-refractivity contribution is 5.67. The van der Waals surface area contributed by atoms with Crippen molar-refractivity contribution in [2.24, 2.45) is 0 Å². The third-order valence-electron chi connectivity index (χ3n) is 9.44. The minimum atomic E-state index is -0.232. The molecule has 1 unspecified atom stereocenters. The van der Waals surface area contributed by atoms with Crippen molar-refractivity contribution >= 4 is 11.6 Å². The molecule has 2 fully saturated rings. The van der Waals surface area contributed by atoms with Crippen LogP contribution in [0.1, 0.15) is 71.4 Å². The van der Waals surface area contributed by atoms with Crippen molar-refractivity contribution in [2.45, 2.75) is 103 Å². The summed E-state index contributed by atoms with van der Waals surface area (Å²) in [7, 11) is 1.70. The molecule has 2 aliphatic rings. The molecule has 4 aromatic rings. The van der Waals surface area contributed by atoms with Crippen LogP contribution >= 0.6 is 0 Å². The average molecular weight is 685 g/mol. The predicted octanol–water partition coefficient (Wildman–Crippen LogP) is 5.41. The normalized spacial score (nSPS) is 22.4. The fourth-order valence-corrected chi connectivity index (χ4v) is 6.80. The molecule has 4 heterocycles. The van der Waals surface area contributed by atoms with Gasteiger partial charge in [-0.15, -0.1) is 5.10 Å². The van der Waals surface area contributed by atoms with Crippen LogP contribution in [-0.4, -0.2) is 96.7 Å². The second-order valence-electron chi connectivity index (χ2n) is 13.5. The van der Waals surface area contributed by atoms with Crippen LogP contribution in [0.5, 0.6) is 11.6 Å². The van der Waals surface area contributed by atoms with Gasteiger partial charge in [-0.3, -0.25) is 9.58 Å². The van der Waals surface area contributed by atoms with Crippen LogP contribution in [0, 0.1) is 11.3 Å². The van der Waals surface area contributed by atoms with E-state index in [1.165, 1.54) is 6.33 Å². The number of nitrogens with one attached hydrogen (secondary N) is 1. The molecule has 50 heavy (non-hydrogen) atoms. The molecular weight excluding hydrogens is 636 g/mol. The lowest BCUT2D eigenvalue weighted by Crippen LogP contribution is -2.51. The van der Waals surface area contributed by atoms with Gasteiger partial charge in [-0.05, 0) is 71.1 Å². The number of benzene rings is 1. The van der Waals surface area contributed by atoms with E-state index in [0.717, 1.165) is 62.0 Å². The maximum Gasteiger partial charge on any atom is 0.256 e. The van der Waals surface area contributed by atoms with E-state index in [1.807, 2.05) is 32.2 Å². The Morgan fingerprint density at radius 1 is 1.02 bits per heavy atom. The van der Waals surface area contributed by atoms with E-state index in [1.54, 1.807) is 36.6 Å². The highest BCUT2D eigenvalue weighted by Gasteiger charge is 2.32. The lowest BCUT2D eigenvalue weighted by molar-refractivity contribution is -0.0852. The second kappa shape index (κ2) is 16.4. The van der Waals surface area contributed by atoms with Crippen molar-refractivity contribution in [1.29, 1.82) is 5.26 Å². The maximum absolute atomic E-state index is 9.69. The third-order valence-corrected chi connectivity index (χ3v) is 9.44. The van der Waals surface area contributed by atoms with E-state index in [9.17, 15) is 5.26 Å². The average Bonchev–Trinajstić information content (AvgIpc) is 3.78. The van der Waals surface area contributed by atoms with E-state index in [-0.39, 0.29) is 30.5 Å². The van der Waals surface area contributed by atoms with Gasteiger partial charge in [0.15, 0.2) is 0 Å². The van der Waals surface area contributed by atoms with Gasteiger partial charge in [0.2, 0.25) is 5.95 Å². The molecule has 4 atom stereocenters. The smallest absolute Gasteiger partial charge is 0.256 e. The first kappa shape index (κ1) is 35.3. The van der Waals surface area contributed by atoms with E-state index in [0.29, 0.717) is 42.3 Å². The van der Waals surface area contributed by atoms with Gasteiger partial charge in [-0.1, -0.05) is 6.07 Å². The molecule has 0 amide bonds. The van der Waals surface area contributed by atoms with Crippen LogP contribution in [0.2, 0.25) is 0 Å². The van der Waals surface area contributed by atoms with Crippen LogP contribution in [-0.2, 0) is 16.0 Å². The summed E-state index contributed by atoms with van der Waals surface area (Å²) in [6.45, 7) is 11.3. The number of anilines is 2. The summed E-state index contributed by atoms with van der Waals surface area (Å²) in [6, 6.07) is 8.53. The third kappa shape index (κ3) is 8.95. The molecule has 1 saturated heterocycles. The van der Waals surface area contributed by atoms with Gasteiger partial charge in [0, 0.05) is 50.6 Å². The van der Waals surface area contributed by atoms with Crippen LogP contribution in [0.4, 0.5) is 11.6 Å². The summed E-state index contributed by atoms with van der Waals surface area (Å²) >= 11 is 0. The zero-order valence-corrected chi connectivity index (χ0v) is 29.6. The van der Waals surface area contributed by atoms with Crippen LogP contribution in [0.15, 0.2) is 49.4 Å². The van der Waals surface area contributed by atoms with Crippen molar-refractivity contribution in [3.8, 4) is 28.8 Å². The van der Waals surface area contributed by atoms with Gasteiger partial charge < -0.3 is 24.3 Å². The Bertz CT molecular complexity index is 1690. The number of methoxy groups -OCH3 is 1. The number of hydrogen-bond acceptors (Lipinski definition) is 12. The number of morpholine rings is 1. The molecule has 0 spiro atoms. The van der Waals surface area contributed by atoms with Crippen molar-refractivity contribution < 1.29 is 18.9 Å². The number of aromatic nitrogens is 7. The van der Waals surface area contributed by atoms with E-state index in [4.69, 9.17) is 24.0 Å². The van der Waals surface area contributed by atoms with Crippen molar-refractivity contribution in [3.63, 3.8) is 0 Å². The van der Waals surface area contributed by atoms with Crippen molar-refractivity contribution in [2.75, 3.05) is 32.1 Å². The molecule has 1 aliphatic carbocycles. The van der Waals surface area contributed by atoms with E-state index in [2.05, 4.69) is 54.9 Å². The molecule has 1 aromatic carbocycles. The lowest BCUT2D eigenvalue weighted by atomic mass is 9.89. The molecule has 1 saturated carbocycles. The molecule has 0 bridgehead atoms. The van der Waals surface area contributed by atoms with Crippen LogP contribution in [0.3, 0.4) is 0 Å². The summed E-state index contributed by atoms with van der Waals surface area (Å²) in [5.41, 5.74) is 2.78. The Morgan fingerprint density at radius 3 is 2.44 bits per heavy atom. The molecular formula is C36H48N10O4. The molecule has 0 radical (unpaired) electrons. The minimum absolute atomic E-state index is 0.0790. The first-order chi connectivity index (χ1) is 24.3. The molecule has 14 nitrogen and oxygen atoms in total. The van der Waals surface area contributed by atoms with E-state index >= 15 is 0 Å². The monoisotopic (exact) mass is 684 g/mol. The zero-order chi connectivity index (χ0) is 35.0. The van der Waals surface area contributed by atoms with Crippen molar-refractivity contribution in [3.05, 3.63) is 55.0 Å². The summed E-state index contributed by atoms with van der Waals surface area (Å²) in [6.07, 6.45) is 14.1. The van der Waals surface area contributed by atoms with Gasteiger partial charge >= 0.3 is 0 Å². The van der Waals surface area contributed by atoms with Gasteiger partial charge in [-0.2, -0.15) is 10.4 Å². The van der Waals surface area contributed by atoms with Gasteiger partial charge in [0.25, 0.3) is 5.88 Å². The summed E-state index contributed by atoms with van der Waals surface area (Å²) in [5.74, 6) is 1.43. The lowest BCUT2D eigenvalue weighted by Gasteiger charge is -2.42. The standard InChI is InChI=1S/C36H48N10O4/c1-24(47-5)12-13-48-35-33(21-46(43-35)32-10-8-31(9-11-32)44-18-25(2)49-26(3)19-44)42-36-39-16-30(17-40-36)28-6-7-29(15-37)34(14-28)50-27(4)20-45-23-38-22-41-45/h6-7,14,16-17,21-27,31-32H,8-13,18-20H2,1-5H3,(H,39,40,42)/t24?,25-,26+,27-,31-,32-/m0/s1. The molecule has 6 rings (SSSR count). The minimum Gasteiger partial charge on any atom is -0.487 e. The molecule has 1 N–H and O–H groups in total. The Labute approximate surface area is 293 Å². The molecule has 3 aromatic heterocycles. The first-order valence-electron chi connectivity index (χ1n) is 17.5. The highest BCUT2D eigenvalue weighted by atomic mass is 16.5. The van der Waals surface area contributed by atoms with Gasteiger partial charge in [0.1, 0.15) is 36.3 Å². The molecule has 14 heteroatoms. The van der Waals surface area contributed by atoms with Crippen LogP contribution < -0.4 is 14.8 Å². The summed E-state index contributed by atoms with van der Waals surface area (Å²) in [4.78, 5) is 15.8. The van der Waals surface area contributed by atoms with E-state index < -0.39 is 0 Å². The highest BCUT2D eigenvalue weighted by Crippen LogP contribution is 2.35. The summed E-state index contributed by atoms with van der Waals surface area (Å²) < 4.78 is 27.4. The topological polar surface area (TPSA) is 150 Å². The van der Waals surface area contributed by atoms with Gasteiger partial charge in [0.05, 0.1) is 49.3 Å². The Balaban J connectivity index is 1.13. The number of ether oxygens (including phenoxy) is 4. The second-order valence-corrected chi connectivity index (χ2v) is 13.5. The van der Waals surface area contributed by atoms with Crippen LogP contribution in [0.25, 0.3) is 11.1 Å². The van der Waals surface area contributed by atoms with Gasteiger partial charge in [-0.25, -0.2) is 19.6 Å². The Morgan fingerprint density at radius 2 is 1.76 bits per heavy atom. The first-order valence-corrected chi connectivity index (χ1v) is 17.5. The quantitative estimate of drug-likeness (QED) is 0.181. The predicted molar refractivity (Wildman–Crippen MR) is 187 cm³/mol. The fourth-order valence-electron chi connectivity index (χ4n) is 6.80. The summed E-state index contributed by atoms with van der Waals surface area (Å²) in [5, 5.41) is 22.1. The zero-order valence-electron chi connectivity index (χ0n) is 29.6. The molecule has 266 valence electrons. The number of nitrogens with zero attached hydrogens (tertiary/aromatic N) is 9. The fraction of sp³-hybridized carbons (Fsp3) is 0.556. The number of nitriles is 1. The number of rotatable bonds is 14.